The van der Waals surface area contributed by atoms with Crippen molar-refractivity contribution in [3.05, 3.63) is 6.33 Å². The molecule has 0 aliphatic heterocycles. The molecule has 0 spiro atoms. The van der Waals surface area contributed by atoms with Crippen molar-refractivity contribution in [1.29, 1.82) is 0 Å². The zero-order chi connectivity index (χ0) is 12.3. The predicted octanol–water partition coefficient (Wildman–Crippen LogP) is 1.12. The van der Waals surface area contributed by atoms with Gasteiger partial charge < -0.3 is 20.1 Å². The van der Waals surface area contributed by atoms with Gasteiger partial charge in [0.2, 0.25) is 5.75 Å². The summed E-state index contributed by atoms with van der Waals surface area (Å²) in [6.07, 6.45) is 3.88. The first-order valence-electron chi connectivity index (χ1n) is 5.64. The minimum Gasteiger partial charge on any atom is -0.490 e. The van der Waals surface area contributed by atoms with Gasteiger partial charge in [-0.15, -0.1) is 0 Å². The van der Waals surface area contributed by atoms with Gasteiger partial charge in [-0.05, 0) is 12.8 Å². The summed E-state index contributed by atoms with van der Waals surface area (Å²) >= 11 is 0. The molecule has 94 valence electrons. The Morgan fingerprint density at radius 1 is 1.24 bits per heavy atom. The molecule has 1 fully saturated rings. The average Bonchev–Trinajstić information content (AvgIpc) is 2.32. The lowest BCUT2D eigenvalue weighted by Crippen LogP contribution is -2.40. The minimum absolute atomic E-state index is 0.365. The van der Waals surface area contributed by atoms with Gasteiger partial charge >= 0.3 is 0 Å². The van der Waals surface area contributed by atoms with Crippen molar-refractivity contribution in [3.8, 4) is 5.75 Å². The summed E-state index contributed by atoms with van der Waals surface area (Å²) in [6, 6.07) is 0.397. The third-order valence-electron chi connectivity index (χ3n) is 3.01. The lowest BCUT2D eigenvalue weighted by Gasteiger charge is -2.35. The molecule has 0 radical (unpaired) electrons. The van der Waals surface area contributed by atoms with Gasteiger partial charge in [-0.25, -0.2) is 9.97 Å². The topological polar surface area (TPSA) is 68.3 Å². The van der Waals surface area contributed by atoms with Crippen LogP contribution in [0.25, 0.3) is 0 Å². The van der Waals surface area contributed by atoms with E-state index in [0.29, 0.717) is 23.7 Å². The van der Waals surface area contributed by atoms with Gasteiger partial charge in [-0.3, -0.25) is 0 Å². The highest BCUT2D eigenvalue weighted by molar-refractivity contribution is 5.63. The van der Waals surface area contributed by atoms with E-state index in [1.807, 2.05) is 0 Å². The van der Waals surface area contributed by atoms with Crippen LogP contribution in [0.15, 0.2) is 6.33 Å². The quantitative estimate of drug-likeness (QED) is 0.801. The highest BCUT2D eigenvalue weighted by atomic mass is 16.5. The third-order valence-corrected chi connectivity index (χ3v) is 3.01. The highest BCUT2D eigenvalue weighted by Crippen LogP contribution is 2.32. The molecule has 1 aliphatic rings. The number of nitrogens with one attached hydrogen (secondary N) is 2. The van der Waals surface area contributed by atoms with Crippen LogP contribution in [-0.4, -0.2) is 43.4 Å². The molecular weight excluding hydrogens is 220 g/mol. The molecular formula is C11H18N4O2. The van der Waals surface area contributed by atoms with Crippen LogP contribution in [0.2, 0.25) is 0 Å². The van der Waals surface area contributed by atoms with Gasteiger partial charge in [-0.1, -0.05) is 0 Å². The minimum atomic E-state index is 0.365. The van der Waals surface area contributed by atoms with E-state index in [0.717, 1.165) is 18.7 Å². The standard InChI is InChI=1S/C11H18N4O2/c1-12-10-9(17-3)11(14-6-13-10)15-7-4-8(5-7)16-2/h6-8H,4-5H2,1-3H3,(H2,12,13,14,15). The van der Waals surface area contributed by atoms with Crippen LogP contribution in [0.4, 0.5) is 11.6 Å². The van der Waals surface area contributed by atoms with Crippen LogP contribution < -0.4 is 15.4 Å². The van der Waals surface area contributed by atoms with E-state index in [4.69, 9.17) is 9.47 Å². The molecule has 2 N–H and O–H groups in total. The maximum Gasteiger partial charge on any atom is 0.204 e. The van der Waals surface area contributed by atoms with Crippen molar-refractivity contribution in [1.82, 2.24) is 9.97 Å². The first kappa shape index (κ1) is 11.9. The van der Waals surface area contributed by atoms with Crippen LogP contribution in [-0.2, 0) is 4.74 Å². The molecule has 0 bridgehead atoms. The smallest absolute Gasteiger partial charge is 0.204 e. The summed E-state index contributed by atoms with van der Waals surface area (Å²) in [7, 11) is 5.16. The summed E-state index contributed by atoms with van der Waals surface area (Å²) in [5, 5.41) is 6.32. The predicted molar refractivity (Wildman–Crippen MR) is 65.6 cm³/mol. The number of anilines is 2. The Morgan fingerprint density at radius 3 is 2.53 bits per heavy atom. The summed E-state index contributed by atoms with van der Waals surface area (Å²) in [6.45, 7) is 0. The summed E-state index contributed by atoms with van der Waals surface area (Å²) < 4.78 is 10.5. The molecule has 0 atom stereocenters. The lowest BCUT2D eigenvalue weighted by atomic mass is 9.89. The molecule has 0 saturated heterocycles. The zero-order valence-corrected chi connectivity index (χ0v) is 10.4. The highest BCUT2D eigenvalue weighted by Gasteiger charge is 2.30. The molecule has 1 saturated carbocycles. The average molecular weight is 238 g/mol. The van der Waals surface area contributed by atoms with E-state index >= 15 is 0 Å². The monoisotopic (exact) mass is 238 g/mol. The van der Waals surface area contributed by atoms with E-state index in [1.54, 1.807) is 21.3 Å². The number of ether oxygens (including phenoxy) is 2. The largest absolute Gasteiger partial charge is 0.490 e. The van der Waals surface area contributed by atoms with Gasteiger partial charge in [0.05, 0.1) is 13.2 Å². The molecule has 0 amide bonds. The molecule has 1 aromatic rings. The van der Waals surface area contributed by atoms with Crippen LogP contribution in [0, 0.1) is 0 Å². The Morgan fingerprint density at radius 2 is 1.94 bits per heavy atom. The van der Waals surface area contributed by atoms with Crippen molar-refractivity contribution >= 4 is 11.6 Å². The number of nitrogens with zero attached hydrogens (tertiary/aromatic N) is 2. The first-order chi connectivity index (χ1) is 8.28. The van der Waals surface area contributed by atoms with Crippen molar-refractivity contribution in [2.45, 2.75) is 25.0 Å². The molecule has 6 heteroatoms. The Kier molecular flexibility index (Phi) is 3.63. The van der Waals surface area contributed by atoms with Gasteiger partial charge in [0.25, 0.3) is 0 Å². The van der Waals surface area contributed by atoms with E-state index in [2.05, 4.69) is 20.6 Å². The lowest BCUT2D eigenvalue weighted by molar-refractivity contribution is 0.0327. The normalized spacial score (nSPS) is 22.8. The summed E-state index contributed by atoms with van der Waals surface area (Å²) in [5.74, 6) is 2.06. The molecule has 1 aromatic heterocycles. The molecule has 2 rings (SSSR count). The van der Waals surface area contributed by atoms with E-state index in [1.165, 1.54) is 6.33 Å². The number of hydrogen-bond donors (Lipinski definition) is 2. The van der Waals surface area contributed by atoms with E-state index < -0.39 is 0 Å². The van der Waals surface area contributed by atoms with Crippen molar-refractivity contribution in [2.75, 3.05) is 31.9 Å². The van der Waals surface area contributed by atoms with Crippen LogP contribution in [0.3, 0.4) is 0 Å². The fourth-order valence-electron chi connectivity index (χ4n) is 1.92. The second-order valence-electron chi connectivity index (χ2n) is 4.02. The Hall–Kier alpha value is -1.56. The van der Waals surface area contributed by atoms with Crippen LogP contribution >= 0.6 is 0 Å². The second kappa shape index (κ2) is 5.18. The third kappa shape index (κ3) is 2.41. The number of rotatable bonds is 5. The van der Waals surface area contributed by atoms with Crippen molar-refractivity contribution < 1.29 is 9.47 Å². The zero-order valence-electron chi connectivity index (χ0n) is 10.4. The maximum atomic E-state index is 5.31. The fraction of sp³-hybridized carbons (Fsp3) is 0.636. The van der Waals surface area contributed by atoms with Gasteiger partial charge in [0.15, 0.2) is 11.6 Å². The fourth-order valence-corrected chi connectivity index (χ4v) is 1.92. The van der Waals surface area contributed by atoms with Crippen LogP contribution in [0.1, 0.15) is 12.8 Å². The molecule has 1 heterocycles. The Balaban J connectivity index is 2.05. The van der Waals surface area contributed by atoms with E-state index in [9.17, 15) is 0 Å². The van der Waals surface area contributed by atoms with Crippen molar-refractivity contribution in [3.63, 3.8) is 0 Å². The summed E-state index contributed by atoms with van der Waals surface area (Å²) in [5.41, 5.74) is 0. The number of aromatic nitrogens is 2. The summed E-state index contributed by atoms with van der Waals surface area (Å²) in [4.78, 5) is 8.30. The van der Waals surface area contributed by atoms with E-state index in [-0.39, 0.29) is 0 Å². The maximum absolute atomic E-state index is 5.31. The Labute approximate surface area is 101 Å². The first-order valence-corrected chi connectivity index (χ1v) is 5.64. The van der Waals surface area contributed by atoms with Gasteiger partial charge in [-0.2, -0.15) is 0 Å². The Bertz CT molecular complexity index is 380. The van der Waals surface area contributed by atoms with Crippen LogP contribution in [0.5, 0.6) is 5.75 Å². The van der Waals surface area contributed by atoms with Crippen molar-refractivity contribution in [2.24, 2.45) is 0 Å². The number of hydrogen-bond acceptors (Lipinski definition) is 6. The molecule has 17 heavy (non-hydrogen) atoms. The SMILES string of the molecule is CNc1ncnc(NC2CC(OC)C2)c1OC. The number of methoxy groups -OCH3 is 2. The molecule has 0 aromatic carbocycles. The van der Waals surface area contributed by atoms with Gasteiger partial charge in [0.1, 0.15) is 6.33 Å². The molecule has 1 aliphatic carbocycles. The van der Waals surface area contributed by atoms with Gasteiger partial charge in [0, 0.05) is 20.2 Å². The second-order valence-corrected chi connectivity index (χ2v) is 4.02. The molecule has 0 unspecified atom stereocenters. The molecule has 6 nitrogen and oxygen atoms in total.